The molecular weight excluding hydrogens is 746 g/mol. The molecule has 3 unspecified atom stereocenters. The average Bonchev–Trinajstić information content (AvgIpc) is 3.49. The molecule has 52 heavy (non-hydrogen) atoms. The van der Waals surface area contributed by atoms with Crippen molar-refractivity contribution in [3.05, 3.63) is 83.7 Å². The Kier molecular flexibility index (Phi) is 15.5. The Labute approximate surface area is 309 Å². The molecule has 0 radical (unpaired) electrons. The second-order valence-corrected chi connectivity index (χ2v) is 14.3. The van der Waals surface area contributed by atoms with E-state index in [4.69, 9.17) is 10.8 Å². The van der Waals surface area contributed by atoms with E-state index in [0.717, 1.165) is 23.8 Å². The Morgan fingerprint density at radius 3 is 2.27 bits per heavy atom. The lowest BCUT2D eigenvalue weighted by Crippen LogP contribution is -2.48. The summed E-state index contributed by atoms with van der Waals surface area (Å²) in [5.74, 6) is -4.82. The molecule has 0 saturated heterocycles. The molecule has 3 aromatic rings. The zero-order valence-corrected chi connectivity index (χ0v) is 30.8. The third-order valence-corrected chi connectivity index (χ3v) is 8.80. The van der Waals surface area contributed by atoms with E-state index in [1.807, 2.05) is 55.7 Å². The third-order valence-electron chi connectivity index (χ3n) is 8.06. The van der Waals surface area contributed by atoms with E-state index in [1.54, 1.807) is 12.3 Å². The van der Waals surface area contributed by atoms with Gasteiger partial charge in [-0.1, -0.05) is 67.0 Å². The van der Waals surface area contributed by atoms with E-state index in [9.17, 15) is 37.9 Å². The molecule has 16 heteroatoms. The molecule has 1 aromatic heterocycles. The quantitative estimate of drug-likeness (QED) is 0.0836. The predicted molar refractivity (Wildman–Crippen MR) is 193 cm³/mol. The van der Waals surface area contributed by atoms with Gasteiger partial charge in [0.15, 0.2) is 0 Å². The molecule has 0 bridgehead atoms. The molecule has 4 amide bonds. The number of aliphatic hydroxyl groups is 1. The molecule has 1 heterocycles. The molecule has 0 saturated carbocycles. The molecule has 0 aliphatic carbocycles. The summed E-state index contributed by atoms with van der Waals surface area (Å²) in [6.07, 6.45) is 1.24. The zero-order chi connectivity index (χ0) is 38.6. The number of alkyl halides is 1. The number of hydrogen-bond donors (Lipinski definition) is 6. The first-order chi connectivity index (χ1) is 24.5. The smallest absolute Gasteiger partial charge is 0.305 e. The molecule has 2 aromatic carbocycles. The molecule has 0 aliphatic heterocycles. The van der Waals surface area contributed by atoms with Crippen molar-refractivity contribution >= 4 is 45.5 Å². The van der Waals surface area contributed by atoms with Crippen LogP contribution in [0.3, 0.4) is 0 Å². The largest absolute Gasteiger partial charge is 0.481 e. The Morgan fingerprint density at radius 2 is 1.63 bits per heavy atom. The number of carbonyl (C=O) groups is 5. The van der Waals surface area contributed by atoms with Gasteiger partial charge >= 0.3 is 5.97 Å². The number of amides is 4. The van der Waals surface area contributed by atoms with Gasteiger partial charge in [0.2, 0.25) is 23.6 Å². The van der Waals surface area contributed by atoms with Crippen LogP contribution in [0.4, 0.5) is 8.78 Å². The summed E-state index contributed by atoms with van der Waals surface area (Å²) in [7, 11) is 0. The monoisotopic (exact) mass is 790 g/mol. The maximum atomic E-state index is 15.0. The number of carboxylic acids is 1. The van der Waals surface area contributed by atoms with Gasteiger partial charge in [-0.15, -0.1) is 0 Å². The Morgan fingerprint density at radius 1 is 0.962 bits per heavy atom. The standard InChI is InChI=1S/C36H45BrF2N6O7/c1-36(2,3)33(29-15-23(25-16-24(38)9-10-27(25)39)20-44(29)19-22-7-5-4-6-8-22)45(31(48)21-46)14-11-28(40)35(52)42-13-12-41-30(47)18-43-34(51)26(37)17-32(49)50/h4-10,15-16,20,26,28,33,46H,11-14,17-19,21,40H2,1-3H3,(H,41,47)(H,42,52)(H,43,51)(H,49,50). The normalized spacial score (nSPS) is 13.1. The van der Waals surface area contributed by atoms with Crippen molar-refractivity contribution in [3.8, 4) is 11.1 Å². The second kappa shape index (κ2) is 19.2. The number of aliphatic carboxylic acids is 1. The zero-order valence-electron chi connectivity index (χ0n) is 29.2. The lowest BCUT2D eigenvalue weighted by Gasteiger charge is -2.41. The lowest BCUT2D eigenvalue weighted by molar-refractivity contribution is -0.140. The summed E-state index contributed by atoms with van der Waals surface area (Å²) in [6.45, 7) is 4.79. The number of carboxylic acid groups (broad SMARTS) is 1. The Hall–Kier alpha value is -4.67. The fourth-order valence-corrected chi connectivity index (χ4v) is 6.05. The van der Waals surface area contributed by atoms with E-state index in [1.165, 1.54) is 4.90 Å². The number of rotatable bonds is 18. The van der Waals surface area contributed by atoms with Gasteiger partial charge in [0, 0.05) is 49.2 Å². The minimum Gasteiger partial charge on any atom is -0.481 e. The molecule has 3 rings (SSSR count). The lowest BCUT2D eigenvalue weighted by atomic mass is 9.82. The van der Waals surface area contributed by atoms with Crippen molar-refractivity contribution in [2.45, 2.75) is 57.1 Å². The summed E-state index contributed by atoms with van der Waals surface area (Å²) in [6, 6.07) is 12.6. The van der Waals surface area contributed by atoms with Crippen molar-refractivity contribution in [2.24, 2.45) is 11.1 Å². The van der Waals surface area contributed by atoms with Crippen LogP contribution in [-0.2, 0) is 30.5 Å². The van der Waals surface area contributed by atoms with E-state index >= 15 is 0 Å². The highest BCUT2D eigenvalue weighted by Crippen LogP contribution is 2.41. The average molecular weight is 792 g/mol. The van der Waals surface area contributed by atoms with Crippen LogP contribution in [0.5, 0.6) is 0 Å². The van der Waals surface area contributed by atoms with E-state index < -0.39 is 83.1 Å². The first-order valence-electron chi connectivity index (χ1n) is 16.5. The van der Waals surface area contributed by atoms with Crippen molar-refractivity contribution in [1.82, 2.24) is 25.4 Å². The van der Waals surface area contributed by atoms with Crippen LogP contribution >= 0.6 is 15.9 Å². The van der Waals surface area contributed by atoms with Gasteiger partial charge in [-0.3, -0.25) is 24.0 Å². The number of benzene rings is 2. The van der Waals surface area contributed by atoms with Crippen molar-refractivity contribution in [2.75, 3.05) is 32.8 Å². The van der Waals surface area contributed by atoms with Gasteiger partial charge in [0.05, 0.1) is 25.0 Å². The SMILES string of the molecule is CC(C)(C)C(c1cc(-c2cc(F)ccc2F)cn1Cc1ccccc1)N(CCC(N)C(=O)NCCNC(=O)CNC(=O)C(Br)CC(=O)O)C(=O)CO. The van der Waals surface area contributed by atoms with Crippen LogP contribution in [0, 0.1) is 17.0 Å². The topological polar surface area (TPSA) is 196 Å². The number of nitrogens with zero attached hydrogens (tertiary/aromatic N) is 2. The molecule has 0 spiro atoms. The van der Waals surface area contributed by atoms with Crippen LogP contribution in [-0.4, -0.2) is 92.9 Å². The highest BCUT2D eigenvalue weighted by Gasteiger charge is 2.37. The van der Waals surface area contributed by atoms with Gasteiger partial charge in [0.1, 0.15) is 23.1 Å². The van der Waals surface area contributed by atoms with Gasteiger partial charge < -0.3 is 41.4 Å². The van der Waals surface area contributed by atoms with Crippen LogP contribution in [0.1, 0.15) is 50.9 Å². The number of aromatic nitrogens is 1. The Bertz CT molecular complexity index is 1720. The van der Waals surface area contributed by atoms with Gasteiger partial charge in [-0.2, -0.15) is 0 Å². The minimum atomic E-state index is -1.18. The van der Waals surface area contributed by atoms with Gasteiger partial charge in [-0.05, 0) is 41.7 Å². The summed E-state index contributed by atoms with van der Waals surface area (Å²) >= 11 is 2.94. The van der Waals surface area contributed by atoms with Crippen LogP contribution in [0.2, 0.25) is 0 Å². The van der Waals surface area contributed by atoms with Crippen molar-refractivity contribution in [3.63, 3.8) is 0 Å². The van der Waals surface area contributed by atoms with E-state index in [0.29, 0.717) is 17.8 Å². The van der Waals surface area contributed by atoms with E-state index in [-0.39, 0.29) is 31.6 Å². The van der Waals surface area contributed by atoms with Gasteiger partial charge in [0.25, 0.3) is 0 Å². The summed E-state index contributed by atoms with van der Waals surface area (Å²) < 4.78 is 31.1. The summed E-state index contributed by atoms with van der Waals surface area (Å²) in [4.78, 5) is 61.3. The maximum Gasteiger partial charge on any atom is 0.305 e. The first-order valence-corrected chi connectivity index (χ1v) is 17.5. The first kappa shape index (κ1) is 41.7. The van der Waals surface area contributed by atoms with Crippen molar-refractivity contribution < 1.29 is 43.0 Å². The number of halogens is 3. The highest BCUT2D eigenvalue weighted by atomic mass is 79.9. The molecular formula is C36H45BrF2N6O7. The number of nitrogens with one attached hydrogen (secondary N) is 3. The third kappa shape index (κ3) is 12.2. The fraction of sp³-hybridized carbons (Fsp3) is 0.417. The highest BCUT2D eigenvalue weighted by molar-refractivity contribution is 9.10. The second-order valence-electron chi connectivity index (χ2n) is 13.2. The molecule has 0 fully saturated rings. The predicted octanol–water partition coefficient (Wildman–Crippen LogP) is 2.69. The number of nitrogens with two attached hydrogens (primary N) is 1. The molecule has 13 nitrogen and oxygen atoms in total. The van der Waals surface area contributed by atoms with Crippen LogP contribution < -0.4 is 21.7 Å². The molecule has 0 aliphatic rings. The maximum absolute atomic E-state index is 15.0. The van der Waals surface area contributed by atoms with E-state index in [2.05, 4.69) is 31.9 Å². The van der Waals surface area contributed by atoms with Crippen LogP contribution in [0.15, 0.2) is 60.8 Å². The van der Waals surface area contributed by atoms with Gasteiger partial charge in [-0.25, -0.2) is 8.78 Å². The van der Waals surface area contributed by atoms with Crippen LogP contribution in [0.25, 0.3) is 11.1 Å². The minimum absolute atomic E-state index is 0.00260. The molecule has 3 atom stereocenters. The molecule has 282 valence electrons. The number of aliphatic hydroxyl groups excluding tert-OH is 1. The molecule has 7 N–H and O–H groups in total. The number of carbonyl (C=O) groups excluding carboxylic acids is 4. The summed E-state index contributed by atoms with van der Waals surface area (Å²) in [5.41, 5.74) is 7.50. The van der Waals surface area contributed by atoms with Crippen molar-refractivity contribution in [1.29, 1.82) is 0 Å². The summed E-state index contributed by atoms with van der Waals surface area (Å²) in [5, 5.41) is 26.2. The number of hydrogen-bond acceptors (Lipinski definition) is 7. The Balaban J connectivity index is 1.74. The fourth-order valence-electron chi connectivity index (χ4n) is 5.62.